The maximum atomic E-state index is 5.77. The maximum absolute atomic E-state index is 5.77. The predicted octanol–water partition coefficient (Wildman–Crippen LogP) is 1.21. The lowest BCUT2D eigenvalue weighted by atomic mass is 10.0. The van der Waals surface area contributed by atoms with Crippen LogP contribution in [0.2, 0.25) is 0 Å². The average molecular weight is 301 g/mol. The van der Waals surface area contributed by atoms with Gasteiger partial charge in [0.2, 0.25) is 0 Å². The van der Waals surface area contributed by atoms with Gasteiger partial charge in [-0.3, -0.25) is 4.90 Å². The van der Waals surface area contributed by atoms with E-state index in [4.69, 9.17) is 4.74 Å². The molecule has 2 aromatic heterocycles. The van der Waals surface area contributed by atoms with Crippen LogP contribution in [0.3, 0.4) is 0 Å². The number of rotatable bonds is 4. The summed E-state index contributed by atoms with van der Waals surface area (Å²) >= 11 is 0. The summed E-state index contributed by atoms with van der Waals surface area (Å²) in [4.78, 5) is 15.4. The zero-order valence-electron chi connectivity index (χ0n) is 13.3. The van der Waals surface area contributed by atoms with Crippen molar-refractivity contribution in [2.24, 2.45) is 13.0 Å². The first-order valence-electron chi connectivity index (χ1n) is 7.73. The van der Waals surface area contributed by atoms with Gasteiger partial charge in [-0.15, -0.1) is 0 Å². The summed E-state index contributed by atoms with van der Waals surface area (Å²) in [5.41, 5.74) is 3.23. The van der Waals surface area contributed by atoms with Crippen LogP contribution in [0.15, 0.2) is 24.9 Å². The summed E-state index contributed by atoms with van der Waals surface area (Å²) in [5, 5.41) is 0. The summed E-state index contributed by atoms with van der Waals surface area (Å²) in [5.74, 6) is 0.459. The van der Waals surface area contributed by atoms with Gasteiger partial charge >= 0.3 is 0 Å². The maximum Gasteiger partial charge on any atom is 0.115 e. The molecule has 1 aliphatic rings. The number of ether oxygens (including phenoxy) is 1. The second kappa shape index (κ2) is 6.98. The van der Waals surface area contributed by atoms with Crippen molar-refractivity contribution in [2.75, 3.05) is 26.3 Å². The van der Waals surface area contributed by atoms with Crippen LogP contribution in [0.5, 0.6) is 0 Å². The van der Waals surface area contributed by atoms with Gasteiger partial charge in [-0.25, -0.2) is 15.0 Å². The molecule has 0 amide bonds. The highest BCUT2D eigenvalue weighted by Gasteiger charge is 2.20. The van der Waals surface area contributed by atoms with E-state index in [-0.39, 0.29) is 0 Å². The SMILES string of the molecule is Cc1cc(C[C@H]2COCCN(Cc3cn(C)cn3)C2)ncn1. The van der Waals surface area contributed by atoms with Gasteiger partial charge in [-0.2, -0.15) is 0 Å². The van der Waals surface area contributed by atoms with Gasteiger partial charge in [-0.05, 0) is 19.4 Å². The van der Waals surface area contributed by atoms with Crippen molar-refractivity contribution >= 4 is 0 Å². The fourth-order valence-corrected chi connectivity index (χ4v) is 2.91. The molecule has 3 heterocycles. The molecule has 22 heavy (non-hydrogen) atoms. The highest BCUT2D eigenvalue weighted by Crippen LogP contribution is 2.14. The van der Waals surface area contributed by atoms with Gasteiger partial charge in [0.05, 0.1) is 25.2 Å². The molecule has 0 aliphatic carbocycles. The van der Waals surface area contributed by atoms with E-state index >= 15 is 0 Å². The molecule has 0 radical (unpaired) electrons. The molecule has 0 bridgehead atoms. The van der Waals surface area contributed by atoms with E-state index in [9.17, 15) is 0 Å². The molecule has 0 spiro atoms. The third-order valence-electron chi connectivity index (χ3n) is 3.92. The van der Waals surface area contributed by atoms with E-state index in [1.807, 2.05) is 24.9 Å². The van der Waals surface area contributed by atoms with Crippen LogP contribution in [0.4, 0.5) is 0 Å². The molecule has 1 saturated heterocycles. The monoisotopic (exact) mass is 301 g/mol. The van der Waals surface area contributed by atoms with Gasteiger partial charge in [0.1, 0.15) is 6.33 Å². The number of aryl methyl sites for hydroxylation is 2. The first-order valence-corrected chi connectivity index (χ1v) is 7.73. The Bertz CT molecular complexity index is 612. The van der Waals surface area contributed by atoms with Crippen molar-refractivity contribution in [3.8, 4) is 0 Å². The molecule has 2 aromatic rings. The molecule has 0 N–H and O–H groups in total. The van der Waals surface area contributed by atoms with Gasteiger partial charge in [0.25, 0.3) is 0 Å². The van der Waals surface area contributed by atoms with E-state index in [1.165, 1.54) is 0 Å². The van der Waals surface area contributed by atoms with E-state index in [2.05, 4.69) is 32.1 Å². The van der Waals surface area contributed by atoms with Crippen molar-refractivity contribution in [1.82, 2.24) is 24.4 Å². The van der Waals surface area contributed by atoms with Gasteiger partial charge in [0.15, 0.2) is 0 Å². The Morgan fingerprint density at radius 2 is 2.18 bits per heavy atom. The summed E-state index contributed by atoms with van der Waals surface area (Å²) < 4.78 is 7.76. The minimum Gasteiger partial charge on any atom is -0.380 e. The highest BCUT2D eigenvalue weighted by molar-refractivity contribution is 5.07. The predicted molar refractivity (Wildman–Crippen MR) is 83.3 cm³/mol. The number of imidazole rings is 1. The summed E-state index contributed by atoms with van der Waals surface area (Å²) in [6.45, 7) is 6.43. The molecule has 3 rings (SSSR count). The van der Waals surface area contributed by atoms with Gasteiger partial charge in [-0.1, -0.05) is 0 Å². The molecular formula is C16H23N5O. The third-order valence-corrected chi connectivity index (χ3v) is 3.92. The van der Waals surface area contributed by atoms with Crippen molar-refractivity contribution in [1.29, 1.82) is 0 Å². The van der Waals surface area contributed by atoms with Crippen LogP contribution in [-0.4, -0.2) is 50.7 Å². The molecule has 1 atom stereocenters. The Morgan fingerprint density at radius 1 is 1.27 bits per heavy atom. The Kier molecular flexibility index (Phi) is 4.80. The minimum atomic E-state index is 0.459. The van der Waals surface area contributed by atoms with E-state index in [1.54, 1.807) is 6.33 Å². The number of nitrogens with zero attached hydrogens (tertiary/aromatic N) is 5. The van der Waals surface area contributed by atoms with E-state index < -0.39 is 0 Å². The normalized spacial score (nSPS) is 20.0. The Labute approximate surface area is 131 Å². The van der Waals surface area contributed by atoms with Crippen LogP contribution in [0.25, 0.3) is 0 Å². The highest BCUT2D eigenvalue weighted by atomic mass is 16.5. The fraction of sp³-hybridized carbons (Fsp3) is 0.562. The molecule has 1 aliphatic heterocycles. The lowest BCUT2D eigenvalue weighted by Gasteiger charge is -2.22. The lowest BCUT2D eigenvalue weighted by Crippen LogP contribution is -2.30. The first-order chi connectivity index (χ1) is 10.7. The van der Waals surface area contributed by atoms with E-state index in [0.29, 0.717) is 5.92 Å². The fourth-order valence-electron chi connectivity index (χ4n) is 2.91. The quantitative estimate of drug-likeness (QED) is 0.849. The first kappa shape index (κ1) is 15.1. The average Bonchev–Trinajstić information content (AvgIpc) is 2.75. The molecular weight excluding hydrogens is 278 g/mol. The second-order valence-electron chi connectivity index (χ2n) is 6.06. The van der Waals surface area contributed by atoms with E-state index in [0.717, 1.165) is 56.4 Å². The smallest absolute Gasteiger partial charge is 0.115 e. The number of aromatic nitrogens is 4. The van der Waals surface area contributed by atoms with Crippen molar-refractivity contribution in [2.45, 2.75) is 19.9 Å². The zero-order chi connectivity index (χ0) is 15.4. The Morgan fingerprint density at radius 3 is 2.95 bits per heavy atom. The van der Waals surface area contributed by atoms with Crippen LogP contribution in [0, 0.1) is 12.8 Å². The molecule has 1 fully saturated rings. The van der Waals surface area contributed by atoms with Crippen LogP contribution in [0.1, 0.15) is 17.1 Å². The zero-order valence-corrected chi connectivity index (χ0v) is 13.3. The van der Waals surface area contributed by atoms with Crippen molar-refractivity contribution in [3.05, 3.63) is 42.0 Å². The van der Waals surface area contributed by atoms with Crippen LogP contribution in [-0.2, 0) is 24.8 Å². The summed E-state index contributed by atoms with van der Waals surface area (Å²) in [6.07, 6.45) is 6.51. The minimum absolute atomic E-state index is 0.459. The number of hydrogen-bond donors (Lipinski definition) is 0. The standard InChI is InChI=1S/C16H23N5O/c1-13-5-15(18-11-17-13)6-14-7-21(3-4-22-10-14)9-16-8-20(2)12-19-16/h5,8,11-12,14H,3-4,6-7,9-10H2,1-2H3/t14-/m1/s1. The summed E-state index contributed by atoms with van der Waals surface area (Å²) in [7, 11) is 2.00. The molecule has 6 heteroatoms. The molecule has 118 valence electrons. The second-order valence-corrected chi connectivity index (χ2v) is 6.06. The van der Waals surface area contributed by atoms with Crippen LogP contribution >= 0.6 is 0 Å². The van der Waals surface area contributed by atoms with Crippen LogP contribution < -0.4 is 0 Å². The topological polar surface area (TPSA) is 56.1 Å². The Hall–Kier alpha value is -1.79. The molecule has 0 aromatic carbocycles. The summed E-state index contributed by atoms with van der Waals surface area (Å²) in [6, 6.07) is 2.06. The lowest BCUT2D eigenvalue weighted by molar-refractivity contribution is 0.121. The van der Waals surface area contributed by atoms with Gasteiger partial charge < -0.3 is 9.30 Å². The number of hydrogen-bond acceptors (Lipinski definition) is 5. The van der Waals surface area contributed by atoms with Crippen molar-refractivity contribution < 1.29 is 4.74 Å². The largest absolute Gasteiger partial charge is 0.380 e. The Balaban J connectivity index is 1.62. The molecule has 6 nitrogen and oxygen atoms in total. The third kappa shape index (κ3) is 4.11. The molecule has 0 unspecified atom stereocenters. The van der Waals surface area contributed by atoms with Gasteiger partial charge in [0, 0.05) is 50.2 Å². The molecule has 0 saturated carbocycles. The van der Waals surface area contributed by atoms with Crippen molar-refractivity contribution in [3.63, 3.8) is 0 Å².